The van der Waals surface area contributed by atoms with Crippen LogP contribution in [0.1, 0.15) is 5.56 Å². The highest BCUT2D eigenvalue weighted by molar-refractivity contribution is 5.39. The number of hydrogen-bond donors (Lipinski definition) is 0. The van der Waals surface area contributed by atoms with Crippen molar-refractivity contribution in [1.82, 2.24) is 0 Å². The molecule has 82 valence electrons. The van der Waals surface area contributed by atoms with E-state index in [4.69, 9.17) is 0 Å². The average Bonchev–Trinajstić information content (AvgIpc) is 2.00. The van der Waals surface area contributed by atoms with Crippen LogP contribution in [0.25, 0.3) is 0 Å². The molecule has 0 amide bonds. The van der Waals surface area contributed by atoms with Crippen molar-refractivity contribution in [2.24, 2.45) is 0 Å². The maximum absolute atomic E-state index is 12.9. The van der Waals surface area contributed by atoms with Crippen molar-refractivity contribution in [1.29, 1.82) is 0 Å². The van der Waals surface area contributed by atoms with Gasteiger partial charge in [0, 0.05) is 0 Å². The number of benzene rings is 1. The van der Waals surface area contributed by atoms with Crippen molar-refractivity contribution in [3.8, 4) is 0 Å². The molecule has 0 aliphatic rings. The van der Waals surface area contributed by atoms with Crippen LogP contribution in [-0.4, -0.2) is 4.92 Å². The van der Waals surface area contributed by atoms with Crippen LogP contribution in [0.3, 0.4) is 0 Å². The lowest BCUT2D eigenvalue weighted by Gasteiger charge is -2.07. The third kappa shape index (κ3) is 2.03. The van der Waals surface area contributed by atoms with E-state index in [0.29, 0.717) is 0 Å². The molecule has 0 spiro atoms. The smallest absolute Gasteiger partial charge is 0.258 e. The van der Waals surface area contributed by atoms with Gasteiger partial charge in [0.1, 0.15) is 0 Å². The molecule has 0 N–H and O–H groups in total. The summed E-state index contributed by atoms with van der Waals surface area (Å²) < 4.78 is 61.6. The molecule has 0 saturated heterocycles. The van der Waals surface area contributed by atoms with Crippen LogP contribution in [0.2, 0.25) is 0 Å². The number of hydrogen-bond acceptors (Lipinski definition) is 2. The van der Waals surface area contributed by atoms with Gasteiger partial charge in [0.15, 0.2) is 0 Å². The maximum atomic E-state index is 12.9. The highest BCUT2D eigenvalue weighted by Gasteiger charge is 2.38. The Bertz CT molecular complexity index is 415. The predicted molar refractivity (Wildman–Crippen MR) is 38.0 cm³/mol. The molecule has 0 aromatic heterocycles. The molecule has 0 aliphatic heterocycles. The maximum Gasteiger partial charge on any atom is 0.419 e. The molecule has 1 aromatic rings. The zero-order chi connectivity index (χ0) is 11.8. The Labute approximate surface area is 79.3 Å². The van der Waals surface area contributed by atoms with Crippen molar-refractivity contribution in [3.63, 3.8) is 0 Å². The van der Waals surface area contributed by atoms with Crippen LogP contribution in [0.4, 0.5) is 27.6 Å². The second-order valence-corrected chi connectivity index (χ2v) is 2.51. The monoisotopic (exact) mass is 227 g/mol. The highest BCUT2D eigenvalue weighted by Crippen LogP contribution is 2.35. The normalized spacial score (nSPS) is 11.5. The standard InChI is InChI=1S/C7H2F5NO2/c8-4-2-1-3(7(10,11)12)5(9)6(4)13(14)15/h1-2H. The van der Waals surface area contributed by atoms with E-state index in [9.17, 15) is 32.1 Å². The van der Waals surface area contributed by atoms with E-state index in [0.717, 1.165) is 0 Å². The molecule has 0 bridgehead atoms. The van der Waals surface area contributed by atoms with Gasteiger partial charge >= 0.3 is 11.9 Å². The molecule has 0 saturated carbocycles. The lowest BCUT2D eigenvalue weighted by molar-refractivity contribution is -0.390. The van der Waals surface area contributed by atoms with E-state index in [1.807, 2.05) is 0 Å². The van der Waals surface area contributed by atoms with E-state index in [1.165, 1.54) is 0 Å². The van der Waals surface area contributed by atoms with Crippen molar-refractivity contribution in [2.45, 2.75) is 6.18 Å². The molecule has 1 rings (SSSR count). The third-order valence-electron chi connectivity index (χ3n) is 1.55. The highest BCUT2D eigenvalue weighted by atomic mass is 19.4. The summed E-state index contributed by atoms with van der Waals surface area (Å²) in [6.45, 7) is 0. The third-order valence-corrected chi connectivity index (χ3v) is 1.55. The second-order valence-electron chi connectivity index (χ2n) is 2.51. The Kier molecular flexibility index (Phi) is 2.61. The van der Waals surface area contributed by atoms with Gasteiger partial charge in [-0.15, -0.1) is 0 Å². The lowest BCUT2D eigenvalue weighted by Crippen LogP contribution is -2.10. The molecule has 8 heteroatoms. The van der Waals surface area contributed by atoms with Crippen molar-refractivity contribution in [2.75, 3.05) is 0 Å². The molecule has 0 radical (unpaired) electrons. The Morgan fingerprint density at radius 3 is 2.13 bits per heavy atom. The fourth-order valence-corrected chi connectivity index (χ4v) is 0.927. The largest absolute Gasteiger partial charge is 0.419 e. The quantitative estimate of drug-likeness (QED) is 0.420. The number of rotatable bonds is 1. The van der Waals surface area contributed by atoms with Crippen LogP contribution in [-0.2, 0) is 6.18 Å². The van der Waals surface area contributed by atoms with Crippen LogP contribution < -0.4 is 0 Å². The summed E-state index contributed by atoms with van der Waals surface area (Å²) in [5, 5.41) is 10.1. The molecule has 3 nitrogen and oxygen atoms in total. The first-order valence-corrected chi connectivity index (χ1v) is 3.44. The molecular weight excluding hydrogens is 225 g/mol. The number of nitrogens with zero attached hydrogens (tertiary/aromatic N) is 1. The molecule has 0 atom stereocenters. The SMILES string of the molecule is O=[N+]([O-])c1c(F)ccc(C(F)(F)F)c1F. The Balaban J connectivity index is 3.49. The summed E-state index contributed by atoms with van der Waals surface area (Å²) >= 11 is 0. The van der Waals surface area contributed by atoms with Crippen molar-refractivity contribution < 1.29 is 26.9 Å². The summed E-state index contributed by atoms with van der Waals surface area (Å²) in [4.78, 5) is 8.54. The molecule has 0 fully saturated rings. The summed E-state index contributed by atoms with van der Waals surface area (Å²) in [5.41, 5.74) is -3.67. The number of alkyl halides is 3. The Hall–Kier alpha value is -1.73. The van der Waals surface area contributed by atoms with E-state index in [2.05, 4.69) is 0 Å². The molecule has 15 heavy (non-hydrogen) atoms. The van der Waals surface area contributed by atoms with Crippen LogP contribution in [0.5, 0.6) is 0 Å². The molecule has 0 unspecified atom stereocenters. The lowest BCUT2D eigenvalue weighted by atomic mass is 10.1. The summed E-state index contributed by atoms with van der Waals surface area (Å²) in [5.74, 6) is -3.86. The number of nitro benzene ring substituents is 1. The minimum Gasteiger partial charge on any atom is -0.258 e. The van der Waals surface area contributed by atoms with Gasteiger partial charge < -0.3 is 0 Å². The number of nitro groups is 1. The van der Waals surface area contributed by atoms with Gasteiger partial charge in [0.25, 0.3) is 0 Å². The van der Waals surface area contributed by atoms with E-state index < -0.39 is 34.0 Å². The van der Waals surface area contributed by atoms with Crippen molar-refractivity contribution in [3.05, 3.63) is 39.4 Å². The van der Waals surface area contributed by atoms with Gasteiger partial charge in [-0.3, -0.25) is 10.1 Å². The van der Waals surface area contributed by atoms with Gasteiger partial charge in [0.05, 0.1) is 10.5 Å². The van der Waals surface area contributed by atoms with E-state index >= 15 is 0 Å². The first kappa shape index (κ1) is 11.3. The Morgan fingerprint density at radius 1 is 1.20 bits per heavy atom. The van der Waals surface area contributed by atoms with E-state index in [-0.39, 0.29) is 12.1 Å². The first-order valence-electron chi connectivity index (χ1n) is 3.44. The fourth-order valence-electron chi connectivity index (χ4n) is 0.927. The average molecular weight is 227 g/mol. The van der Waals surface area contributed by atoms with Crippen LogP contribution >= 0.6 is 0 Å². The minimum atomic E-state index is -5.09. The minimum absolute atomic E-state index is 0.109. The zero-order valence-electron chi connectivity index (χ0n) is 6.81. The zero-order valence-corrected chi connectivity index (χ0v) is 6.81. The van der Waals surface area contributed by atoms with Gasteiger partial charge in [-0.25, -0.2) is 0 Å². The fraction of sp³-hybridized carbons (Fsp3) is 0.143. The number of halogens is 5. The Morgan fingerprint density at radius 2 is 1.73 bits per heavy atom. The van der Waals surface area contributed by atoms with Gasteiger partial charge in [-0.1, -0.05) is 0 Å². The van der Waals surface area contributed by atoms with Crippen LogP contribution in [0, 0.1) is 21.7 Å². The molecule has 0 heterocycles. The predicted octanol–water partition coefficient (Wildman–Crippen LogP) is 2.89. The first-order chi connectivity index (χ1) is 6.75. The van der Waals surface area contributed by atoms with Gasteiger partial charge in [0.2, 0.25) is 11.6 Å². The van der Waals surface area contributed by atoms with Crippen LogP contribution in [0.15, 0.2) is 12.1 Å². The summed E-state index contributed by atoms with van der Waals surface area (Å²) in [6.07, 6.45) is -5.09. The van der Waals surface area contributed by atoms with E-state index in [1.54, 1.807) is 0 Å². The second kappa shape index (κ2) is 3.44. The summed E-state index contributed by atoms with van der Waals surface area (Å²) in [6, 6.07) is 0.307. The van der Waals surface area contributed by atoms with Gasteiger partial charge in [-0.05, 0) is 12.1 Å². The molecular formula is C7H2F5NO2. The van der Waals surface area contributed by atoms with Crippen molar-refractivity contribution >= 4 is 5.69 Å². The topological polar surface area (TPSA) is 43.1 Å². The molecule has 1 aromatic carbocycles. The summed E-state index contributed by atoms with van der Waals surface area (Å²) in [7, 11) is 0. The van der Waals surface area contributed by atoms with Gasteiger partial charge in [-0.2, -0.15) is 22.0 Å². The molecule has 0 aliphatic carbocycles.